The second-order valence-corrected chi connectivity index (χ2v) is 12.3. The Labute approximate surface area is 236 Å². The van der Waals surface area contributed by atoms with Crippen molar-refractivity contribution in [3.63, 3.8) is 0 Å². The molecule has 9 heteroatoms. The molecule has 1 fully saturated rings. The van der Waals surface area contributed by atoms with Crippen LogP contribution in [0.1, 0.15) is 37.3 Å². The summed E-state index contributed by atoms with van der Waals surface area (Å²) in [5.74, 6) is 0.00886. The number of para-hydroxylation sites is 2. The number of hydrogen-bond acceptors (Lipinski definition) is 6. The van der Waals surface area contributed by atoms with Crippen molar-refractivity contribution >= 4 is 33.4 Å². The number of sulfonamides is 1. The zero-order chi connectivity index (χ0) is 27.7. The fraction of sp³-hybridized carbons (Fsp3) is 0.367. The Morgan fingerprint density at radius 1 is 0.974 bits per heavy atom. The van der Waals surface area contributed by atoms with Gasteiger partial charge in [-0.15, -0.1) is 11.8 Å². The fourth-order valence-electron chi connectivity index (χ4n) is 4.72. The summed E-state index contributed by atoms with van der Waals surface area (Å²) in [5.41, 5.74) is 2.52. The average Bonchev–Trinajstić information content (AvgIpc) is 2.96. The van der Waals surface area contributed by atoms with Gasteiger partial charge in [-0.2, -0.15) is 0 Å². The lowest BCUT2D eigenvalue weighted by atomic mass is 10.1. The van der Waals surface area contributed by atoms with Gasteiger partial charge in [0.05, 0.1) is 17.2 Å². The van der Waals surface area contributed by atoms with Crippen LogP contribution < -0.4 is 14.4 Å². The molecule has 1 aliphatic rings. The molecule has 39 heavy (non-hydrogen) atoms. The molecule has 0 saturated carbocycles. The first-order valence-corrected chi connectivity index (χ1v) is 16.0. The lowest BCUT2D eigenvalue weighted by molar-refractivity contribution is -0.119. The summed E-state index contributed by atoms with van der Waals surface area (Å²) < 4.78 is 34.5. The average molecular weight is 568 g/mol. The van der Waals surface area contributed by atoms with Crippen molar-refractivity contribution in [1.82, 2.24) is 10.2 Å². The minimum atomic E-state index is -4.04. The number of piperidine rings is 1. The molecule has 0 unspecified atom stereocenters. The standard InChI is InChI=1S/C30H37N3O4S2/c1-3-37-29-13-6-5-12-28(29)33(39(35,36)27-16-14-26(38-2)15-17-27)23-30(34)31-21-24-10-9-11-25(20-24)22-32-18-7-4-8-19-32/h5-6,9-17,20H,3-4,7-8,18-19,21-23H2,1-2H3,(H,31,34). The molecule has 3 aromatic rings. The highest BCUT2D eigenvalue weighted by molar-refractivity contribution is 7.98. The summed E-state index contributed by atoms with van der Waals surface area (Å²) in [5, 5.41) is 2.92. The van der Waals surface area contributed by atoms with Crippen molar-refractivity contribution < 1.29 is 17.9 Å². The molecule has 0 radical (unpaired) electrons. The lowest BCUT2D eigenvalue weighted by Crippen LogP contribution is -2.41. The van der Waals surface area contributed by atoms with Crippen molar-refractivity contribution in [2.75, 3.05) is 36.8 Å². The van der Waals surface area contributed by atoms with E-state index in [1.54, 1.807) is 48.5 Å². The maximum Gasteiger partial charge on any atom is 0.264 e. The predicted octanol–water partition coefficient (Wildman–Crippen LogP) is 5.30. The highest BCUT2D eigenvalue weighted by Crippen LogP contribution is 2.33. The van der Waals surface area contributed by atoms with E-state index in [0.717, 1.165) is 34.4 Å². The van der Waals surface area contributed by atoms with Crippen LogP contribution in [0.4, 0.5) is 5.69 Å². The number of amides is 1. The number of hydrogen-bond donors (Lipinski definition) is 1. The third-order valence-corrected chi connectivity index (χ3v) is 9.22. The smallest absolute Gasteiger partial charge is 0.264 e. The SMILES string of the molecule is CCOc1ccccc1N(CC(=O)NCc1cccc(CN2CCCCC2)c1)S(=O)(=O)c1ccc(SC)cc1. The van der Waals surface area contributed by atoms with Gasteiger partial charge in [0, 0.05) is 18.0 Å². The van der Waals surface area contributed by atoms with Crippen LogP contribution in [-0.4, -0.2) is 51.7 Å². The quantitative estimate of drug-likeness (QED) is 0.299. The number of rotatable bonds is 12. The Hall–Kier alpha value is -3.01. The summed E-state index contributed by atoms with van der Waals surface area (Å²) in [6.45, 7) is 5.29. The minimum Gasteiger partial charge on any atom is -0.492 e. The molecular formula is C30H37N3O4S2. The van der Waals surface area contributed by atoms with Crippen molar-refractivity contribution in [3.05, 3.63) is 83.9 Å². The first-order chi connectivity index (χ1) is 18.9. The zero-order valence-electron chi connectivity index (χ0n) is 22.6. The van der Waals surface area contributed by atoms with E-state index in [1.165, 1.54) is 36.6 Å². The van der Waals surface area contributed by atoms with Crippen molar-refractivity contribution in [3.8, 4) is 5.75 Å². The van der Waals surface area contributed by atoms with Crippen LogP contribution in [0.2, 0.25) is 0 Å². The molecule has 0 atom stereocenters. The fourth-order valence-corrected chi connectivity index (χ4v) is 6.56. The third-order valence-electron chi connectivity index (χ3n) is 6.70. The molecule has 0 aromatic heterocycles. The molecule has 1 amide bonds. The van der Waals surface area contributed by atoms with E-state index in [2.05, 4.69) is 22.3 Å². The summed E-state index contributed by atoms with van der Waals surface area (Å²) in [6, 6.07) is 21.8. The van der Waals surface area contributed by atoms with Gasteiger partial charge in [-0.1, -0.05) is 42.8 Å². The van der Waals surface area contributed by atoms with Crippen LogP contribution in [0.3, 0.4) is 0 Å². The second kappa shape index (κ2) is 13.9. The molecular weight excluding hydrogens is 530 g/mol. The number of ether oxygens (including phenoxy) is 1. The first kappa shape index (κ1) is 29.0. The van der Waals surface area contributed by atoms with Gasteiger partial charge >= 0.3 is 0 Å². The van der Waals surface area contributed by atoms with Gasteiger partial charge in [-0.05, 0) is 86.6 Å². The number of anilines is 1. The molecule has 1 heterocycles. The molecule has 0 bridgehead atoms. The number of nitrogens with one attached hydrogen (secondary N) is 1. The second-order valence-electron chi connectivity index (χ2n) is 9.52. The van der Waals surface area contributed by atoms with Crippen LogP contribution in [0.15, 0.2) is 82.6 Å². The van der Waals surface area contributed by atoms with Crippen LogP contribution in [0.25, 0.3) is 0 Å². The normalized spacial score (nSPS) is 14.1. The molecule has 3 aromatic carbocycles. The van der Waals surface area contributed by atoms with E-state index in [4.69, 9.17) is 4.74 Å². The van der Waals surface area contributed by atoms with E-state index in [9.17, 15) is 13.2 Å². The van der Waals surface area contributed by atoms with Crippen LogP contribution in [0.5, 0.6) is 5.75 Å². The van der Waals surface area contributed by atoms with E-state index < -0.39 is 15.9 Å². The Kier molecular flexibility index (Phi) is 10.3. The number of carbonyl (C=O) groups excluding carboxylic acids is 1. The van der Waals surface area contributed by atoms with E-state index in [1.807, 2.05) is 25.3 Å². The van der Waals surface area contributed by atoms with Gasteiger partial charge < -0.3 is 10.1 Å². The van der Waals surface area contributed by atoms with Gasteiger partial charge in [0.15, 0.2) is 0 Å². The maximum atomic E-state index is 13.8. The van der Waals surface area contributed by atoms with Crippen LogP contribution in [0, 0.1) is 0 Å². The van der Waals surface area contributed by atoms with Crippen LogP contribution in [-0.2, 0) is 27.9 Å². The Balaban J connectivity index is 1.51. The van der Waals surface area contributed by atoms with Gasteiger partial charge in [0.25, 0.3) is 10.0 Å². The maximum absolute atomic E-state index is 13.8. The molecule has 1 aliphatic heterocycles. The Morgan fingerprint density at radius 2 is 1.69 bits per heavy atom. The van der Waals surface area contributed by atoms with E-state index in [0.29, 0.717) is 24.6 Å². The monoisotopic (exact) mass is 567 g/mol. The van der Waals surface area contributed by atoms with Gasteiger partial charge in [0.2, 0.25) is 5.91 Å². The summed E-state index contributed by atoms with van der Waals surface area (Å²) in [6.07, 6.45) is 5.71. The first-order valence-electron chi connectivity index (χ1n) is 13.4. The van der Waals surface area contributed by atoms with Crippen LogP contribution >= 0.6 is 11.8 Å². The molecule has 0 aliphatic carbocycles. The third kappa shape index (κ3) is 7.77. The Bertz CT molecular complexity index is 1340. The van der Waals surface area contributed by atoms with Gasteiger partial charge in [-0.25, -0.2) is 8.42 Å². The summed E-state index contributed by atoms with van der Waals surface area (Å²) >= 11 is 1.53. The molecule has 7 nitrogen and oxygen atoms in total. The van der Waals surface area contributed by atoms with Gasteiger partial charge in [-0.3, -0.25) is 14.0 Å². The largest absolute Gasteiger partial charge is 0.492 e. The molecule has 0 spiro atoms. The van der Waals surface area contributed by atoms with Crippen molar-refractivity contribution in [2.24, 2.45) is 0 Å². The zero-order valence-corrected chi connectivity index (χ0v) is 24.3. The molecule has 208 valence electrons. The van der Waals surface area contributed by atoms with Crippen molar-refractivity contribution in [1.29, 1.82) is 0 Å². The number of likely N-dealkylation sites (tertiary alicyclic amines) is 1. The number of carbonyl (C=O) groups is 1. The summed E-state index contributed by atoms with van der Waals surface area (Å²) in [7, 11) is -4.04. The number of nitrogens with zero attached hydrogens (tertiary/aromatic N) is 2. The van der Waals surface area contributed by atoms with Gasteiger partial charge in [0.1, 0.15) is 12.3 Å². The summed E-state index contributed by atoms with van der Waals surface area (Å²) in [4.78, 5) is 16.7. The number of thioether (sulfide) groups is 1. The predicted molar refractivity (Wildman–Crippen MR) is 158 cm³/mol. The molecule has 1 saturated heterocycles. The van der Waals surface area contributed by atoms with E-state index in [-0.39, 0.29) is 11.4 Å². The molecule has 4 rings (SSSR count). The van der Waals surface area contributed by atoms with Crippen molar-refractivity contribution in [2.45, 2.75) is 49.1 Å². The minimum absolute atomic E-state index is 0.116. The topological polar surface area (TPSA) is 79.0 Å². The molecule has 1 N–H and O–H groups in total. The highest BCUT2D eigenvalue weighted by Gasteiger charge is 2.29. The van der Waals surface area contributed by atoms with E-state index >= 15 is 0 Å². The lowest BCUT2D eigenvalue weighted by Gasteiger charge is -2.26. The highest BCUT2D eigenvalue weighted by atomic mass is 32.2. The number of benzene rings is 3. The Morgan fingerprint density at radius 3 is 2.41 bits per heavy atom.